The molecule has 0 fully saturated rings. The summed E-state index contributed by atoms with van der Waals surface area (Å²) in [6.45, 7) is -0.451. The predicted molar refractivity (Wildman–Crippen MR) is 72.0 cm³/mol. The molecule has 0 saturated heterocycles. The van der Waals surface area contributed by atoms with Gasteiger partial charge in [-0.05, 0) is 12.1 Å². The standard InChI is InChI=1S/C14H10N2O4/c17-7-10-8-20-14(13(10)16(18)19)12-6-5-9-3-1-2-4-11(9)15-12/h1-6,8,17H,7H2. The lowest BCUT2D eigenvalue weighted by Crippen LogP contribution is -1.94. The van der Waals surface area contributed by atoms with Crippen molar-refractivity contribution in [2.24, 2.45) is 0 Å². The summed E-state index contributed by atoms with van der Waals surface area (Å²) in [4.78, 5) is 14.9. The SMILES string of the molecule is O=[N+]([O-])c1c(CO)coc1-c1ccc2ccccc2n1. The van der Waals surface area contributed by atoms with Gasteiger partial charge in [0.2, 0.25) is 5.76 Å². The number of fused-ring (bicyclic) bond motifs is 1. The van der Waals surface area contributed by atoms with Crippen molar-refractivity contribution < 1.29 is 14.4 Å². The number of aromatic nitrogens is 1. The van der Waals surface area contributed by atoms with E-state index in [0.29, 0.717) is 5.69 Å². The highest BCUT2D eigenvalue weighted by molar-refractivity contribution is 5.82. The Morgan fingerprint density at radius 2 is 2.05 bits per heavy atom. The van der Waals surface area contributed by atoms with Gasteiger partial charge in [-0.15, -0.1) is 0 Å². The molecule has 0 bridgehead atoms. The molecule has 0 radical (unpaired) electrons. The van der Waals surface area contributed by atoms with Crippen LogP contribution >= 0.6 is 0 Å². The average molecular weight is 270 g/mol. The summed E-state index contributed by atoms with van der Waals surface area (Å²) in [7, 11) is 0. The van der Waals surface area contributed by atoms with Crippen LogP contribution in [-0.2, 0) is 6.61 Å². The van der Waals surface area contributed by atoms with Gasteiger partial charge >= 0.3 is 5.69 Å². The Balaban J connectivity index is 2.20. The van der Waals surface area contributed by atoms with Crippen molar-refractivity contribution in [3.05, 3.63) is 58.3 Å². The molecule has 0 amide bonds. The molecular weight excluding hydrogens is 260 g/mol. The molecule has 0 aliphatic heterocycles. The maximum absolute atomic E-state index is 11.1. The first-order chi connectivity index (χ1) is 9.70. The van der Waals surface area contributed by atoms with Crippen LogP contribution in [0.4, 0.5) is 5.69 Å². The number of nitro groups is 1. The molecule has 6 nitrogen and oxygen atoms in total. The highest BCUT2D eigenvalue weighted by Gasteiger charge is 2.26. The molecule has 3 aromatic rings. The van der Waals surface area contributed by atoms with Crippen LogP contribution in [0.1, 0.15) is 5.56 Å². The Hall–Kier alpha value is -2.73. The maximum atomic E-state index is 11.1. The smallest absolute Gasteiger partial charge is 0.322 e. The van der Waals surface area contributed by atoms with Crippen LogP contribution in [-0.4, -0.2) is 15.0 Å². The van der Waals surface area contributed by atoms with E-state index in [0.717, 1.165) is 10.9 Å². The van der Waals surface area contributed by atoms with Crippen molar-refractivity contribution in [3.8, 4) is 11.5 Å². The third kappa shape index (κ3) is 1.92. The Kier molecular flexibility index (Phi) is 2.92. The van der Waals surface area contributed by atoms with E-state index in [9.17, 15) is 10.1 Å². The monoisotopic (exact) mass is 270 g/mol. The Morgan fingerprint density at radius 1 is 1.25 bits per heavy atom. The second-order valence-electron chi connectivity index (χ2n) is 4.24. The van der Waals surface area contributed by atoms with E-state index < -0.39 is 11.5 Å². The molecule has 1 N–H and O–H groups in total. The maximum Gasteiger partial charge on any atom is 0.322 e. The van der Waals surface area contributed by atoms with E-state index in [2.05, 4.69) is 4.98 Å². The molecule has 2 heterocycles. The number of para-hydroxylation sites is 1. The molecule has 100 valence electrons. The predicted octanol–water partition coefficient (Wildman–Crippen LogP) is 2.90. The molecule has 0 unspecified atom stereocenters. The molecule has 20 heavy (non-hydrogen) atoms. The highest BCUT2D eigenvalue weighted by Crippen LogP contribution is 2.34. The zero-order chi connectivity index (χ0) is 14.1. The molecule has 0 atom stereocenters. The molecular formula is C14H10N2O4. The summed E-state index contributed by atoms with van der Waals surface area (Å²) < 4.78 is 5.22. The largest absolute Gasteiger partial charge is 0.455 e. The molecule has 0 spiro atoms. The van der Waals surface area contributed by atoms with Gasteiger partial charge in [-0.3, -0.25) is 10.1 Å². The van der Waals surface area contributed by atoms with Crippen LogP contribution in [0.2, 0.25) is 0 Å². The fourth-order valence-corrected chi connectivity index (χ4v) is 2.07. The van der Waals surface area contributed by atoms with Crippen molar-refractivity contribution in [2.45, 2.75) is 6.61 Å². The van der Waals surface area contributed by atoms with E-state index in [-0.39, 0.29) is 17.0 Å². The minimum atomic E-state index is -0.568. The number of benzene rings is 1. The zero-order valence-electron chi connectivity index (χ0n) is 10.3. The fourth-order valence-electron chi connectivity index (χ4n) is 2.07. The summed E-state index contributed by atoms with van der Waals surface area (Å²) in [5.41, 5.74) is 0.992. The number of nitrogens with zero attached hydrogens (tertiary/aromatic N) is 2. The number of aliphatic hydroxyl groups excluding tert-OH is 1. The van der Waals surface area contributed by atoms with Crippen LogP contribution in [0, 0.1) is 10.1 Å². The normalized spacial score (nSPS) is 10.8. The molecule has 6 heteroatoms. The summed E-state index contributed by atoms with van der Waals surface area (Å²) in [5, 5.41) is 21.2. The number of hydrogen-bond donors (Lipinski definition) is 1. The first-order valence-corrected chi connectivity index (χ1v) is 5.92. The molecule has 1 aromatic carbocycles. The molecule has 0 aliphatic rings. The number of furan rings is 1. The van der Waals surface area contributed by atoms with Crippen molar-refractivity contribution in [3.63, 3.8) is 0 Å². The molecule has 0 aliphatic carbocycles. The summed E-state index contributed by atoms with van der Waals surface area (Å²) in [5.74, 6) is 0.0600. The van der Waals surface area contributed by atoms with E-state index in [1.165, 1.54) is 6.26 Å². The van der Waals surface area contributed by atoms with Gasteiger partial charge in [0.25, 0.3) is 0 Å². The van der Waals surface area contributed by atoms with Crippen molar-refractivity contribution in [2.75, 3.05) is 0 Å². The minimum Gasteiger partial charge on any atom is -0.455 e. The first-order valence-electron chi connectivity index (χ1n) is 5.92. The van der Waals surface area contributed by atoms with E-state index in [1.807, 2.05) is 30.3 Å². The average Bonchev–Trinajstić information content (AvgIpc) is 2.91. The van der Waals surface area contributed by atoms with E-state index >= 15 is 0 Å². The lowest BCUT2D eigenvalue weighted by molar-refractivity contribution is -0.385. The van der Waals surface area contributed by atoms with Crippen LogP contribution in [0.5, 0.6) is 0 Å². The van der Waals surface area contributed by atoms with Gasteiger partial charge in [-0.1, -0.05) is 24.3 Å². The number of hydrogen-bond acceptors (Lipinski definition) is 5. The van der Waals surface area contributed by atoms with E-state index in [1.54, 1.807) is 6.07 Å². The van der Waals surface area contributed by atoms with Gasteiger partial charge in [0.05, 0.1) is 22.6 Å². The van der Waals surface area contributed by atoms with Crippen molar-refractivity contribution >= 4 is 16.6 Å². The van der Waals surface area contributed by atoms with Crippen LogP contribution < -0.4 is 0 Å². The third-order valence-electron chi connectivity index (χ3n) is 3.02. The van der Waals surface area contributed by atoms with E-state index in [4.69, 9.17) is 9.52 Å². The highest BCUT2D eigenvalue weighted by atomic mass is 16.6. The number of aliphatic hydroxyl groups is 1. The topological polar surface area (TPSA) is 89.4 Å². The summed E-state index contributed by atoms with van der Waals surface area (Å²) in [6, 6.07) is 10.9. The van der Waals surface area contributed by atoms with Crippen molar-refractivity contribution in [1.82, 2.24) is 4.98 Å². The van der Waals surface area contributed by atoms with Gasteiger partial charge in [-0.2, -0.15) is 0 Å². The van der Waals surface area contributed by atoms with Crippen molar-refractivity contribution in [1.29, 1.82) is 0 Å². The Morgan fingerprint density at radius 3 is 2.80 bits per heavy atom. The summed E-state index contributed by atoms with van der Waals surface area (Å²) >= 11 is 0. The number of pyridine rings is 1. The fraction of sp³-hybridized carbons (Fsp3) is 0.0714. The minimum absolute atomic E-state index is 0.0600. The second-order valence-corrected chi connectivity index (χ2v) is 4.24. The van der Waals surface area contributed by atoms with Gasteiger partial charge in [0.1, 0.15) is 12.0 Å². The lowest BCUT2D eigenvalue weighted by Gasteiger charge is -2.00. The second kappa shape index (κ2) is 4.75. The number of rotatable bonds is 3. The lowest BCUT2D eigenvalue weighted by atomic mass is 10.1. The van der Waals surface area contributed by atoms with Crippen LogP contribution in [0.25, 0.3) is 22.4 Å². The third-order valence-corrected chi connectivity index (χ3v) is 3.02. The van der Waals surface area contributed by atoms with Gasteiger partial charge in [0, 0.05) is 5.39 Å². The first kappa shape index (κ1) is 12.3. The zero-order valence-corrected chi connectivity index (χ0v) is 10.3. The molecule has 2 aromatic heterocycles. The Bertz CT molecular complexity index is 795. The Labute approximate surface area is 113 Å². The molecule has 3 rings (SSSR count). The summed E-state index contributed by atoms with van der Waals surface area (Å²) in [6.07, 6.45) is 1.18. The van der Waals surface area contributed by atoms with Gasteiger partial charge < -0.3 is 9.52 Å². The van der Waals surface area contributed by atoms with Crippen LogP contribution in [0.15, 0.2) is 47.1 Å². The quantitative estimate of drug-likeness (QED) is 0.583. The van der Waals surface area contributed by atoms with Crippen LogP contribution in [0.3, 0.4) is 0 Å². The van der Waals surface area contributed by atoms with Gasteiger partial charge in [-0.25, -0.2) is 4.98 Å². The molecule has 0 saturated carbocycles. The van der Waals surface area contributed by atoms with Gasteiger partial charge in [0.15, 0.2) is 0 Å².